The van der Waals surface area contributed by atoms with Crippen molar-refractivity contribution < 1.29 is 9.15 Å². The number of benzene rings is 2. The smallest absolute Gasteiger partial charge is 0.199 e. The molecule has 3 nitrogen and oxygen atoms in total. The van der Waals surface area contributed by atoms with Crippen LogP contribution in [0.25, 0.3) is 22.6 Å². The number of rotatable bonds is 3. The van der Waals surface area contributed by atoms with E-state index >= 15 is 0 Å². The molecule has 0 amide bonds. The Bertz CT molecular complexity index is 836. The van der Waals surface area contributed by atoms with Crippen molar-refractivity contribution in [2.75, 3.05) is 7.11 Å². The first-order chi connectivity index (χ1) is 10.7. The molecule has 1 aromatic heterocycles. The summed E-state index contributed by atoms with van der Waals surface area (Å²) in [6.45, 7) is 0. The predicted octanol–water partition coefficient (Wildman–Crippen LogP) is 4.59. The molecule has 0 N–H and O–H groups in total. The molecule has 0 saturated carbocycles. The Morgan fingerprint density at radius 2 is 1.64 bits per heavy atom. The van der Waals surface area contributed by atoms with Gasteiger partial charge in [0.05, 0.1) is 7.11 Å². The molecule has 22 heavy (non-hydrogen) atoms. The van der Waals surface area contributed by atoms with Crippen LogP contribution in [0.2, 0.25) is 0 Å². The molecule has 0 aliphatic heterocycles. The summed E-state index contributed by atoms with van der Waals surface area (Å²) in [5.41, 5.74) is 1.68. The van der Waals surface area contributed by atoms with E-state index < -0.39 is 0 Å². The normalized spacial score (nSPS) is 10.5. The van der Waals surface area contributed by atoms with Gasteiger partial charge in [-0.2, -0.15) is 0 Å². The summed E-state index contributed by atoms with van der Waals surface area (Å²) in [6.07, 6.45) is 0. The van der Waals surface area contributed by atoms with Crippen LogP contribution in [0.15, 0.2) is 69.9 Å². The minimum atomic E-state index is -0.0449. The van der Waals surface area contributed by atoms with Crippen LogP contribution >= 0.6 is 22.6 Å². The van der Waals surface area contributed by atoms with Crippen molar-refractivity contribution >= 4 is 22.6 Å². The standard InChI is InChI=1S/C18H13IO3/c1-21-14-9-7-13(8-10-14)18-17(19)15(20)11-16(22-18)12-5-3-2-4-6-12/h2-11H,1H3. The second kappa shape index (κ2) is 6.36. The van der Waals surface area contributed by atoms with E-state index in [4.69, 9.17) is 9.15 Å². The van der Waals surface area contributed by atoms with Crippen LogP contribution in [0.4, 0.5) is 0 Å². The van der Waals surface area contributed by atoms with Crippen molar-refractivity contribution in [1.82, 2.24) is 0 Å². The molecule has 0 bridgehead atoms. The lowest BCUT2D eigenvalue weighted by atomic mass is 10.1. The summed E-state index contributed by atoms with van der Waals surface area (Å²) in [4.78, 5) is 12.2. The SMILES string of the molecule is COc1ccc(-c2oc(-c3ccccc3)cc(=O)c2I)cc1. The van der Waals surface area contributed by atoms with Crippen molar-refractivity contribution in [3.8, 4) is 28.4 Å². The highest BCUT2D eigenvalue weighted by Gasteiger charge is 2.13. The molecule has 0 atom stereocenters. The first-order valence-electron chi connectivity index (χ1n) is 6.72. The van der Waals surface area contributed by atoms with Gasteiger partial charge in [0.25, 0.3) is 0 Å². The third kappa shape index (κ3) is 2.92. The predicted molar refractivity (Wildman–Crippen MR) is 95.1 cm³/mol. The van der Waals surface area contributed by atoms with Crippen molar-refractivity contribution in [3.63, 3.8) is 0 Å². The number of methoxy groups -OCH3 is 1. The Kier molecular flexibility index (Phi) is 4.29. The zero-order valence-electron chi connectivity index (χ0n) is 11.9. The van der Waals surface area contributed by atoms with Gasteiger partial charge in [0, 0.05) is 17.2 Å². The molecule has 0 aliphatic carbocycles. The fourth-order valence-electron chi connectivity index (χ4n) is 2.15. The van der Waals surface area contributed by atoms with E-state index in [0.29, 0.717) is 15.1 Å². The molecule has 0 fully saturated rings. The van der Waals surface area contributed by atoms with Gasteiger partial charge in [-0.05, 0) is 46.9 Å². The number of halogens is 1. The number of hydrogen-bond acceptors (Lipinski definition) is 3. The first kappa shape index (κ1) is 14.8. The molecule has 3 rings (SSSR count). The lowest BCUT2D eigenvalue weighted by molar-refractivity contribution is 0.415. The van der Waals surface area contributed by atoms with Crippen molar-refractivity contribution in [3.05, 3.63) is 74.5 Å². The topological polar surface area (TPSA) is 39.4 Å². The quantitative estimate of drug-likeness (QED) is 0.600. The summed E-state index contributed by atoms with van der Waals surface area (Å²) >= 11 is 2.02. The largest absolute Gasteiger partial charge is 0.497 e. The molecule has 3 aromatic rings. The van der Waals surface area contributed by atoms with Crippen LogP contribution < -0.4 is 10.2 Å². The van der Waals surface area contributed by atoms with Crippen LogP contribution in [-0.2, 0) is 0 Å². The average Bonchev–Trinajstić information content (AvgIpc) is 2.58. The fourth-order valence-corrected chi connectivity index (χ4v) is 2.73. The third-order valence-electron chi connectivity index (χ3n) is 3.30. The molecule has 0 aliphatic rings. The minimum absolute atomic E-state index is 0.0449. The van der Waals surface area contributed by atoms with E-state index in [-0.39, 0.29) is 5.43 Å². The van der Waals surface area contributed by atoms with Crippen LogP contribution in [0, 0.1) is 3.57 Å². The Labute approximate surface area is 141 Å². The van der Waals surface area contributed by atoms with E-state index in [0.717, 1.165) is 16.9 Å². The van der Waals surface area contributed by atoms with Crippen LogP contribution in [0.5, 0.6) is 5.75 Å². The average molecular weight is 404 g/mol. The zero-order valence-corrected chi connectivity index (χ0v) is 14.0. The van der Waals surface area contributed by atoms with Gasteiger partial charge < -0.3 is 9.15 Å². The summed E-state index contributed by atoms with van der Waals surface area (Å²) in [5, 5.41) is 0. The van der Waals surface area contributed by atoms with Crippen molar-refractivity contribution in [1.29, 1.82) is 0 Å². The molecule has 0 radical (unpaired) electrons. The van der Waals surface area contributed by atoms with Gasteiger partial charge >= 0.3 is 0 Å². The van der Waals surface area contributed by atoms with Gasteiger partial charge in [-0.15, -0.1) is 0 Å². The van der Waals surface area contributed by atoms with Crippen LogP contribution in [0.3, 0.4) is 0 Å². The highest BCUT2D eigenvalue weighted by molar-refractivity contribution is 14.1. The Morgan fingerprint density at radius 3 is 2.27 bits per heavy atom. The maximum absolute atomic E-state index is 12.2. The van der Waals surface area contributed by atoms with Crippen molar-refractivity contribution in [2.24, 2.45) is 0 Å². The Morgan fingerprint density at radius 1 is 0.955 bits per heavy atom. The van der Waals surface area contributed by atoms with E-state index in [1.165, 1.54) is 6.07 Å². The van der Waals surface area contributed by atoms with Crippen LogP contribution in [-0.4, -0.2) is 7.11 Å². The van der Waals surface area contributed by atoms with Gasteiger partial charge in [0.2, 0.25) is 0 Å². The minimum Gasteiger partial charge on any atom is -0.497 e. The zero-order chi connectivity index (χ0) is 15.5. The van der Waals surface area contributed by atoms with Gasteiger partial charge in [0.1, 0.15) is 15.1 Å². The highest BCUT2D eigenvalue weighted by atomic mass is 127. The molecule has 110 valence electrons. The molecule has 4 heteroatoms. The van der Waals surface area contributed by atoms with Crippen LogP contribution in [0.1, 0.15) is 0 Å². The summed E-state index contributed by atoms with van der Waals surface area (Å²) in [6, 6.07) is 18.6. The molecule has 2 aromatic carbocycles. The second-order valence-corrected chi connectivity index (χ2v) is 5.79. The molecule has 1 heterocycles. The van der Waals surface area contributed by atoms with E-state index in [9.17, 15) is 4.79 Å². The molecule has 0 unspecified atom stereocenters. The summed E-state index contributed by atoms with van der Waals surface area (Å²) < 4.78 is 11.7. The van der Waals surface area contributed by atoms with Crippen molar-refractivity contribution in [2.45, 2.75) is 0 Å². The molecule has 0 spiro atoms. The van der Waals surface area contributed by atoms with Gasteiger partial charge in [-0.25, -0.2) is 0 Å². The Balaban J connectivity index is 2.14. The van der Waals surface area contributed by atoms with Gasteiger partial charge in [0.15, 0.2) is 11.2 Å². The first-order valence-corrected chi connectivity index (χ1v) is 7.80. The lowest BCUT2D eigenvalue weighted by Crippen LogP contribution is -2.06. The van der Waals surface area contributed by atoms with Gasteiger partial charge in [-0.3, -0.25) is 4.79 Å². The fraction of sp³-hybridized carbons (Fsp3) is 0.0556. The maximum Gasteiger partial charge on any atom is 0.199 e. The lowest BCUT2D eigenvalue weighted by Gasteiger charge is -2.08. The van der Waals surface area contributed by atoms with E-state index in [1.54, 1.807) is 7.11 Å². The summed E-state index contributed by atoms with van der Waals surface area (Å²) in [5.74, 6) is 1.91. The third-order valence-corrected chi connectivity index (χ3v) is 4.32. The molecule has 0 saturated heterocycles. The van der Waals surface area contributed by atoms with E-state index in [1.807, 2.05) is 77.2 Å². The monoisotopic (exact) mass is 404 g/mol. The van der Waals surface area contributed by atoms with E-state index in [2.05, 4.69) is 0 Å². The Hall–Kier alpha value is -2.08. The number of hydrogen-bond donors (Lipinski definition) is 0. The molecular weight excluding hydrogens is 391 g/mol. The van der Waals surface area contributed by atoms with Gasteiger partial charge in [-0.1, -0.05) is 30.3 Å². The molecular formula is C18H13IO3. The summed E-state index contributed by atoms with van der Waals surface area (Å²) in [7, 11) is 1.62. The highest BCUT2D eigenvalue weighted by Crippen LogP contribution is 2.29. The maximum atomic E-state index is 12.2. The second-order valence-electron chi connectivity index (χ2n) is 4.71. The number of ether oxygens (including phenoxy) is 1.